The maximum absolute atomic E-state index is 13.4. The molecule has 1 amide bonds. The zero-order chi connectivity index (χ0) is 23.7. The monoisotopic (exact) mass is 489 g/mol. The summed E-state index contributed by atoms with van der Waals surface area (Å²) >= 11 is 1.64. The Labute approximate surface area is 204 Å². The molecule has 2 aliphatic heterocycles. The largest absolute Gasteiger partial charge is 0.494 e. The van der Waals surface area contributed by atoms with Gasteiger partial charge in [-0.25, -0.2) is 13.8 Å². The van der Waals surface area contributed by atoms with Gasteiger partial charge in [0, 0.05) is 61.3 Å². The second-order valence-corrected chi connectivity index (χ2v) is 11.0. The van der Waals surface area contributed by atoms with Crippen LogP contribution in [0.1, 0.15) is 49.6 Å². The van der Waals surface area contributed by atoms with Crippen molar-refractivity contribution >= 4 is 17.2 Å². The number of amides is 1. The van der Waals surface area contributed by atoms with E-state index in [1.165, 1.54) is 19.4 Å². The molecule has 5 rings (SSSR count). The van der Waals surface area contributed by atoms with Crippen molar-refractivity contribution in [1.82, 2.24) is 14.8 Å². The van der Waals surface area contributed by atoms with E-state index in [0.29, 0.717) is 18.9 Å². The first kappa shape index (κ1) is 23.7. The van der Waals surface area contributed by atoms with E-state index in [-0.39, 0.29) is 37.8 Å². The average Bonchev–Trinajstić information content (AvgIpc) is 3.52. The normalized spacial score (nSPS) is 24.4. The lowest BCUT2D eigenvalue weighted by Crippen LogP contribution is -2.45. The molecule has 2 saturated heterocycles. The van der Waals surface area contributed by atoms with Gasteiger partial charge in [-0.15, -0.1) is 11.3 Å². The van der Waals surface area contributed by atoms with Crippen molar-refractivity contribution in [1.29, 1.82) is 0 Å². The number of piperidine rings is 1. The lowest BCUT2D eigenvalue weighted by Gasteiger charge is -2.33. The molecule has 0 bridgehead atoms. The Balaban J connectivity index is 1.10. The summed E-state index contributed by atoms with van der Waals surface area (Å²) in [6.45, 7) is 5.63. The Morgan fingerprint density at radius 2 is 1.94 bits per heavy atom. The third kappa shape index (κ3) is 5.28. The van der Waals surface area contributed by atoms with Crippen molar-refractivity contribution in [3.8, 4) is 16.3 Å². The minimum Gasteiger partial charge on any atom is -0.494 e. The van der Waals surface area contributed by atoms with Crippen LogP contribution in [0.2, 0.25) is 0 Å². The molecule has 0 radical (unpaired) electrons. The summed E-state index contributed by atoms with van der Waals surface area (Å²) in [6, 6.07) is 8.79. The molecule has 1 aromatic carbocycles. The van der Waals surface area contributed by atoms with Crippen LogP contribution < -0.4 is 4.74 Å². The highest BCUT2D eigenvalue weighted by Crippen LogP contribution is 2.38. The maximum atomic E-state index is 13.4. The van der Waals surface area contributed by atoms with Gasteiger partial charge < -0.3 is 14.5 Å². The van der Waals surface area contributed by atoms with Crippen LogP contribution in [0.25, 0.3) is 10.6 Å². The Morgan fingerprint density at radius 1 is 1.18 bits per heavy atom. The number of carbonyl (C=O) groups is 1. The molecule has 0 N–H and O–H groups in total. The smallest absolute Gasteiger partial charge is 0.251 e. The molecule has 184 valence electrons. The quantitative estimate of drug-likeness (QED) is 0.512. The number of halogens is 2. The summed E-state index contributed by atoms with van der Waals surface area (Å²) in [4.78, 5) is 22.9. The van der Waals surface area contributed by atoms with Gasteiger partial charge in [-0.1, -0.05) is 0 Å². The van der Waals surface area contributed by atoms with E-state index in [1.807, 2.05) is 24.3 Å². The Bertz CT molecular complexity index is 976. The summed E-state index contributed by atoms with van der Waals surface area (Å²) in [5, 5.41) is 0.961. The summed E-state index contributed by atoms with van der Waals surface area (Å²) in [7, 11) is 0. The fourth-order valence-corrected chi connectivity index (χ4v) is 6.49. The molecule has 1 aliphatic carbocycles. The lowest BCUT2D eigenvalue weighted by molar-refractivity contribution is -0.141. The van der Waals surface area contributed by atoms with Gasteiger partial charge in [0.05, 0.1) is 12.3 Å². The maximum Gasteiger partial charge on any atom is 0.251 e. The van der Waals surface area contributed by atoms with Crippen LogP contribution in [0.5, 0.6) is 5.75 Å². The average molecular weight is 490 g/mol. The molecule has 2 fully saturated rings. The molecule has 1 unspecified atom stereocenters. The molecule has 3 heterocycles. The molecule has 3 aliphatic rings. The molecule has 34 heavy (non-hydrogen) atoms. The van der Waals surface area contributed by atoms with Gasteiger partial charge in [-0.05, 0) is 63.4 Å². The van der Waals surface area contributed by atoms with Crippen LogP contribution >= 0.6 is 11.3 Å². The zero-order valence-electron chi connectivity index (χ0n) is 19.8. The number of nitrogens with zero attached hydrogens (tertiary/aromatic N) is 3. The highest BCUT2D eigenvalue weighted by Gasteiger charge is 2.39. The molecule has 0 spiro atoms. The number of rotatable bonds is 7. The number of likely N-dealkylation sites (tertiary alicyclic amines) is 2. The fraction of sp³-hybridized carbons (Fsp3) is 0.615. The molecule has 8 heteroatoms. The van der Waals surface area contributed by atoms with Crippen molar-refractivity contribution in [2.45, 2.75) is 63.8 Å². The lowest BCUT2D eigenvalue weighted by atomic mass is 10.0. The topological polar surface area (TPSA) is 45.7 Å². The number of thiazole rings is 1. The van der Waals surface area contributed by atoms with E-state index in [2.05, 4.69) is 11.8 Å². The summed E-state index contributed by atoms with van der Waals surface area (Å²) in [5.41, 5.74) is 2.04. The summed E-state index contributed by atoms with van der Waals surface area (Å²) in [5.74, 6) is -1.91. The van der Waals surface area contributed by atoms with Gasteiger partial charge in [0.25, 0.3) is 5.92 Å². The van der Waals surface area contributed by atoms with E-state index >= 15 is 0 Å². The molecule has 1 aromatic heterocycles. The number of alkyl halides is 2. The van der Waals surface area contributed by atoms with E-state index in [0.717, 1.165) is 46.5 Å². The van der Waals surface area contributed by atoms with Crippen LogP contribution in [0.15, 0.2) is 24.3 Å². The third-order valence-electron chi connectivity index (χ3n) is 7.46. The highest BCUT2D eigenvalue weighted by atomic mass is 32.1. The summed E-state index contributed by atoms with van der Waals surface area (Å²) in [6.07, 6.45) is 4.45. The highest BCUT2D eigenvalue weighted by molar-refractivity contribution is 7.15. The Kier molecular flexibility index (Phi) is 6.89. The fourth-order valence-electron chi connectivity index (χ4n) is 5.32. The standard InChI is InChI=1S/C26H33F2N3O2S/c1-18-4-2-11-30(18)12-3-15-33-21-7-5-19(6-8-21)24-29-22-16-20(17-23(22)34-24)25(32)31-13-9-26(27,28)10-14-31/h5-8,18,20H,2-4,9-17H2,1H3/t18-,20?/m1/s1. The SMILES string of the molecule is C[C@@H]1CCCN1CCCOc1ccc(-c2nc3c(s2)CC(C(=O)N2CCC(F)(F)CC2)C3)cc1. The predicted molar refractivity (Wildman–Crippen MR) is 130 cm³/mol. The van der Waals surface area contributed by atoms with Crippen molar-refractivity contribution in [2.75, 3.05) is 32.8 Å². The minimum atomic E-state index is -2.63. The van der Waals surface area contributed by atoms with E-state index in [1.54, 1.807) is 16.2 Å². The third-order valence-corrected chi connectivity index (χ3v) is 8.62. The number of benzene rings is 1. The molecular formula is C26H33F2N3O2S. The van der Waals surface area contributed by atoms with E-state index in [9.17, 15) is 13.6 Å². The van der Waals surface area contributed by atoms with Crippen molar-refractivity contribution in [3.05, 3.63) is 34.8 Å². The van der Waals surface area contributed by atoms with Gasteiger partial charge in [0.2, 0.25) is 5.91 Å². The molecule has 2 aromatic rings. The second-order valence-electron chi connectivity index (χ2n) is 9.93. The van der Waals surface area contributed by atoms with Crippen molar-refractivity contribution in [2.24, 2.45) is 5.92 Å². The number of hydrogen-bond acceptors (Lipinski definition) is 5. The van der Waals surface area contributed by atoms with E-state index in [4.69, 9.17) is 9.72 Å². The van der Waals surface area contributed by atoms with Crippen LogP contribution in [0, 0.1) is 5.92 Å². The molecule has 2 atom stereocenters. The van der Waals surface area contributed by atoms with Crippen LogP contribution in [0.3, 0.4) is 0 Å². The Morgan fingerprint density at radius 3 is 2.62 bits per heavy atom. The Hall–Kier alpha value is -2.06. The van der Waals surface area contributed by atoms with Crippen molar-refractivity contribution in [3.63, 3.8) is 0 Å². The number of aromatic nitrogens is 1. The first-order chi connectivity index (χ1) is 16.4. The van der Waals surface area contributed by atoms with Gasteiger partial charge in [0.15, 0.2) is 0 Å². The molecule has 0 saturated carbocycles. The van der Waals surface area contributed by atoms with Gasteiger partial charge in [-0.3, -0.25) is 4.79 Å². The number of hydrogen-bond donors (Lipinski definition) is 0. The number of carbonyl (C=O) groups excluding carboxylic acids is 1. The number of fused-ring (bicyclic) bond motifs is 1. The molecule has 5 nitrogen and oxygen atoms in total. The van der Waals surface area contributed by atoms with Crippen LogP contribution in [0.4, 0.5) is 8.78 Å². The van der Waals surface area contributed by atoms with Gasteiger partial charge in [-0.2, -0.15) is 0 Å². The first-order valence-electron chi connectivity index (χ1n) is 12.5. The summed E-state index contributed by atoms with van der Waals surface area (Å²) < 4.78 is 32.7. The van der Waals surface area contributed by atoms with Crippen LogP contribution in [-0.4, -0.2) is 65.4 Å². The van der Waals surface area contributed by atoms with Crippen molar-refractivity contribution < 1.29 is 18.3 Å². The molecular weight excluding hydrogens is 456 g/mol. The van der Waals surface area contributed by atoms with Gasteiger partial charge >= 0.3 is 0 Å². The van der Waals surface area contributed by atoms with Crippen LogP contribution in [-0.2, 0) is 17.6 Å². The predicted octanol–water partition coefficient (Wildman–Crippen LogP) is 5.04. The first-order valence-corrected chi connectivity index (χ1v) is 13.3. The van der Waals surface area contributed by atoms with Gasteiger partial charge in [0.1, 0.15) is 10.8 Å². The minimum absolute atomic E-state index is 0.00272. The number of ether oxygens (including phenoxy) is 1. The van der Waals surface area contributed by atoms with E-state index < -0.39 is 5.92 Å². The zero-order valence-corrected chi connectivity index (χ0v) is 20.6. The second kappa shape index (κ2) is 9.90.